The summed E-state index contributed by atoms with van der Waals surface area (Å²) in [7, 11) is 0. The zero-order chi connectivity index (χ0) is 35.0. The highest BCUT2D eigenvalue weighted by molar-refractivity contribution is 6.06. The number of ether oxygens (including phenoxy) is 3. The van der Waals surface area contributed by atoms with Crippen LogP contribution in [-0.4, -0.2) is 42.9 Å². The second-order valence-corrected chi connectivity index (χ2v) is 12.7. The van der Waals surface area contributed by atoms with Crippen molar-refractivity contribution in [2.24, 2.45) is 11.8 Å². The first kappa shape index (κ1) is 34.7. The standard InChI is InChI=1S/C39H37FO10/c40-26-12-10-25(11-13-26)34(41)18-9-24-7-14-27(15-8-24)50-47-20-6-4-2-1-3-5-19-46-28-16-17-29-30(32-23-35(42)48-37(32)43)22-33-36(31(29)21-28)39(45)49-38(33)44/h7-18,21,30,32-33,36H,1-6,19-20,22-23H2. The SMILES string of the molecule is O=C1CC(C2CC3C(=O)OC(=O)C3c3cc(OCCCCCCCCOOc4ccc(C=CC(=O)c5ccc(F)cc5)cc4)ccc32)C(=O)O1. The number of ketones is 1. The number of benzene rings is 3. The molecule has 0 bridgehead atoms. The zero-order valence-electron chi connectivity index (χ0n) is 27.3. The smallest absolute Gasteiger partial charge is 0.321 e. The number of esters is 4. The van der Waals surface area contributed by atoms with Gasteiger partial charge >= 0.3 is 23.9 Å². The molecule has 2 heterocycles. The predicted molar refractivity (Wildman–Crippen MR) is 176 cm³/mol. The fourth-order valence-corrected chi connectivity index (χ4v) is 6.73. The maximum Gasteiger partial charge on any atom is 0.321 e. The topological polar surface area (TPSA) is 132 Å². The van der Waals surface area contributed by atoms with Gasteiger partial charge in [-0.05, 0) is 96.5 Å². The summed E-state index contributed by atoms with van der Waals surface area (Å²) in [6.07, 6.45) is 9.03. The number of fused-ring (bicyclic) bond motifs is 3. The fourth-order valence-electron chi connectivity index (χ4n) is 6.73. The lowest BCUT2D eigenvalue weighted by atomic mass is 9.67. The number of hydrogen-bond donors (Lipinski definition) is 0. The maximum atomic E-state index is 13.0. The highest BCUT2D eigenvalue weighted by Crippen LogP contribution is 2.51. The zero-order valence-corrected chi connectivity index (χ0v) is 27.3. The predicted octanol–water partition coefficient (Wildman–Crippen LogP) is 6.81. The van der Waals surface area contributed by atoms with E-state index in [4.69, 9.17) is 24.0 Å². The van der Waals surface area contributed by atoms with E-state index in [2.05, 4.69) is 0 Å². The number of hydrogen-bond acceptors (Lipinski definition) is 10. The molecule has 260 valence electrons. The van der Waals surface area contributed by atoms with E-state index in [0.29, 0.717) is 35.8 Å². The van der Waals surface area contributed by atoms with Gasteiger partial charge in [-0.15, -0.1) is 0 Å². The fraction of sp³-hybridized carbons (Fsp3) is 0.359. The molecule has 0 radical (unpaired) electrons. The van der Waals surface area contributed by atoms with Crippen molar-refractivity contribution >= 4 is 35.7 Å². The van der Waals surface area contributed by atoms with Crippen molar-refractivity contribution in [1.82, 2.24) is 0 Å². The van der Waals surface area contributed by atoms with E-state index in [-0.39, 0.29) is 24.4 Å². The van der Waals surface area contributed by atoms with Crippen molar-refractivity contribution in [3.63, 3.8) is 0 Å². The second-order valence-electron chi connectivity index (χ2n) is 12.7. The van der Waals surface area contributed by atoms with Crippen LogP contribution >= 0.6 is 0 Å². The third kappa shape index (κ3) is 8.34. The van der Waals surface area contributed by atoms with E-state index in [9.17, 15) is 28.4 Å². The molecule has 4 unspecified atom stereocenters. The summed E-state index contributed by atoms with van der Waals surface area (Å²) in [5, 5.41) is 0. The summed E-state index contributed by atoms with van der Waals surface area (Å²) in [6, 6.07) is 17.9. The Hall–Kier alpha value is -5.16. The van der Waals surface area contributed by atoms with E-state index < -0.39 is 47.5 Å². The summed E-state index contributed by atoms with van der Waals surface area (Å²) >= 11 is 0. The molecule has 2 aliphatic heterocycles. The lowest BCUT2D eigenvalue weighted by Crippen LogP contribution is -2.31. The van der Waals surface area contributed by atoms with Crippen LogP contribution in [0.15, 0.2) is 72.8 Å². The van der Waals surface area contributed by atoms with Gasteiger partial charge in [0.25, 0.3) is 0 Å². The molecule has 2 fully saturated rings. The highest BCUT2D eigenvalue weighted by atomic mass is 19.1. The molecule has 4 atom stereocenters. The van der Waals surface area contributed by atoms with Crippen LogP contribution in [-0.2, 0) is 33.5 Å². The van der Waals surface area contributed by atoms with Crippen LogP contribution in [0.2, 0.25) is 0 Å². The lowest BCUT2D eigenvalue weighted by molar-refractivity contribution is -0.207. The number of rotatable bonds is 16. The molecule has 0 saturated carbocycles. The third-order valence-electron chi connectivity index (χ3n) is 9.33. The summed E-state index contributed by atoms with van der Waals surface area (Å²) in [6.45, 7) is 0.939. The average Bonchev–Trinajstić information content (AvgIpc) is 3.61. The molecule has 0 N–H and O–H groups in total. The van der Waals surface area contributed by atoms with E-state index in [1.54, 1.807) is 42.5 Å². The molecule has 3 aliphatic rings. The molecular formula is C39H37FO10. The Balaban J connectivity index is 0.861. The van der Waals surface area contributed by atoms with Gasteiger partial charge in [-0.25, -0.2) is 4.39 Å². The van der Waals surface area contributed by atoms with Gasteiger partial charge in [0, 0.05) is 5.56 Å². The van der Waals surface area contributed by atoms with E-state index in [0.717, 1.165) is 49.7 Å². The van der Waals surface area contributed by atoms with Crippen LogP contribution in [0.5, 0.6) is 11.5 Å². The van der Waals surface area contributed by atoms with Crippen molar-refractivity contribution in [2.75, 3.05) is 13.2 Å². The van der Waals surface area contributed by atoms with E-state index in [1.807, 2.05) is 6.07 Å². The molecule has 3 aromatic carbocycles. The Morgan fingerprint density at radius 2 is 1.40 bits per heavy atom. The lowest BCUT2D eigenvalue weighted by Gasteiger charge is -2.33. The van der Waals surface area contributed by atoms with E-state index >= 15 is 0 Å². The Morgan fingerprint density at radius 3 is 2.12 bits per heavy atom. The van der Waals surface area contributed by atoms with Crippen LogP contribution in [0.25, 0.3) is 6.08 Å². The van der Waals surface area contributed by atoms with Crippen molar-refractivity contribution in [3.8, 4) is 11.5 Å². The van der Waals surface area contributed by atoms with Gasteiger partial charge in [0.2, 0.25) is 0 Å². The number of cyclic esters (lactones) is 4. The normalized spacial score (nSPS) is 21.1. The first-order valence-corrected chi connectivity index (χ1v) is 16.9. The number of allylic oxidation sites excluding steroid dienone is 1. The average molecular weight is 685 g/mol. The van der Waals surface area contributed by atoms with Crippen LogP contribution < -0.4 is 9.62 Å². The van der Waals surface area contributed by atoms with Gasteiger partial charge < -0.3 is 19.1 Å². The van der Waals surface area contributed by atoms with Crippen molar-refractivity contribution in [2.45, 2.75) is 63.2 Å². The van der Waals surface area contributed by atoms with Crippen molar-refractivity contribution < 1.29 is 52.3 Å². The second kappa shape index (κ2) is 16.0. The van der Waals surface area contributed by atoms with Crippen LogP contribution in [0.1, 0.15) is 90.3 Å². The molecular weight excluding hydrogens is 647 g/mol. The van der Waals surface area contributed by atoms with Crippen LogP contribution in [0.3, 0.4) is 0 Å². The number of unbranched alkanes of at least 4 members (excludes halogenated alkanes) is 5. The van der Waals surface area contributed by atoms with Gasteiger partial charge in [0.1, 0.15) is 11.6 Å². The summed E-state index contributed by atoms with van der Waals surface area (Å²) in [4.78, 5) is 72.1. The minimum atomic E-state index is -0.748. The van der Waals surface area contributed by atoms with Gasteiger partial charge in [0.15, 0.2) is 11.5 Å². The molecule has 0 spiro atoms. The molecule has 0 amide bonds. The summed E-state index contributed by atoms with van der Waals surface area (Å²) in [5.74, 6) is -4.43. The van der Waals surface area contributed by atoms with Gasteiger partial charge in [0.05, 0.1) is 37.4 Å². The molecule has 0 aromatic heterocycles. The summed E-state index contributed by atoms with van der Waals surface area (Å²) < 4.78 is 28.7. The molecule has 50 heavy (non-hydrogen) atoms. The minimum absolute atomic E-state index is 0.0515. The van der Waals surface area contributed by atoms with Crippen molar-refractivity contribution in [1.29, 1.82) is 0 Å². The molecule has 3 aromatic rings. The minimum Gasteiger partial charge on any atom is -0.494 e. The summed E-state index contributed by atoms with van der Waals surface area (Å²) in [5.41, 5.74) is 2.59. The highest BCUT2D eigenvalue weighted by Gasteiger charge is 2.53. The molecule has 1 aliphatic carbocycles. The molecule has 6 rings (SSSR count). The molecule has 10 nitrogen and oxygen atoms in total. The Bertz CT molecular complexity index is 1760. The molecule has 11 heteroatoms. The Morgan fingerprint density at radius 1 is 0.720 bits per heavy atom. The first-order valence-electron chi connectivity index (χ1n) is 16.9. The first-order chi connectivity index (χ1) is 24.3. The largest absolute Gasteiger partial charge is 0.494 e. The number of halogens is 1. The van der Waals surface area contributed by atoms with Gasteiger partial charge in [-0.3, -0.25) is 24.0 Å². The van der Waals surface area contributed by atoms with Crippen molar-refractivity contribution in [3.05, 3.63) is 101 Å². The quantitative estimate of drug-likeness (QED) is 0.0302. The van der Waals surface area contributed by atoms with Crippen LogP contribution in [0.4, 0.5) is 4.39 Å². The monoisotopic (exact) mass is 684 g/mol. The number of carbonyl (C=O) groups is 5. The Labute approximate surface area is 288 Å². The van der Waals surface area contributed by atoms with Gasteiger partial charge in [-0.2, -0.15) is 4.89 Å². The maximum absolute atomic E-state index is 13.0. The van der Waals surface area contributed by atoms with Crippen LogP contribution in [0, 0.1) is 17.7 Å². The number of carbonyl (C=O) groups excluding carboxylic acids is 5. The third-order valence-corrected chi connectivity index (χ3v) is 9.33. The molecule has 2 saturated heterocycles. The van der Waals surface area contributed by atoms with E-state index in [1.165, 1.54) is 30.3 Å². The van der Waals surface area contributed by atoms with Gasteiger partial charge in [-0.1, -0.05) is 50.0 Å². The Kier molecular flexibility index (Phi) is 11.1.